The van der Waals surface area contributed by atoms with Crippen LogP contribution in [0.5, 0.6) is 0 Å². The van der Waals surface area contributed by atoms with E-state index >= 15 is 0 Å². The van der Waals surface area contributed by atoms with Gasteiger partial charge in [-0.05, 0) is 73.8 Å². The van der Waals surface area contributed by atoms with E-state index in [0.717, 1.165) is 43.4 Å². The molecule has 9 nitrogen and oxygen atoms in total. The third-order valence-corrected chi connectivity index (χ3v) is 8.70. The lowest BCUT2D eigenvalue weighted by molar-refractivity contribution is -0.132. The average Bonchev–Trinajstić information content (AvgIpc) is 3.14. The minimum atomic E-state index is -1.09. The number of carbonyl (C=O) groups is 4. The van der Waals surface area contributed by atoms with Gasteiger partial charge in [-0.2, -0.15) is 5.48 Å². The first kappa shape index (κ1) is 34.0. The highest BCUT2D eigenvalue weighted by atomic mass is 35.5. The third-order valence-electron chi connectivity index (χ3n) is 8.44. The van der Waals surface area contributed by atoms with Crippen molar-refractivity contribution in [3.63, 3.8) is 0 Å². The Morgan fingerprint density at radius 2 is 1.32 bits per heavy atom. The molecule has 6 aromatic rings. The average molecular weight is 688 g/mol. The van der Waals surface area contributed by atoms with E-state index in [-0.39, 0.29) is 24.5 Å². The number of hydroxylamine groups is 1. The number of carbonyl (C=O) groups excluding carboxylic acids is 4. The highest BCUT2D eigenvalue weighted by molar-refractivity contribution is 6.30. The summed E-state index contributed by atoms with van der Waals surface area (Å²) in [7, 11) is 0. The largest absolute Gasteiger partial charge is 0.449 e. The molecular formula is C40H34ClN3O6. The zero-order valence-electron chi connectivity index (χ0n) is 27.2. The van der Waals surface area contributed by atoms with Gasteiger partial charge in [0, 0.05) is 17.4 Å². The molecule has 0 saturated heterocycles. The van der Waals surface area contributed by atoms with Crippen molar-refractivity contribution in [2.75, 3.05) is 13.2 Å². The summed E-state index contributed by atoms with van der Waals surface area (Å²) in [6.07, 6.45) is -0.651. The Bertz CT molecular complexity index is 2140. The summed E-state index contributed by atoms with van der Waals surface area (Å²) in [6.45, 7) is 1.55. The van der Waals surface area contributed by atoms with E-state index in [2.05, 4.69) is 41.0 Å². The zero-order chi connectivity index (χ0) is 35.0. The number of hydrogen-bond acceptors (Lipinski definition) is 6. The first-order valence-electron chi connectivity index (χ1n) is 16.1. The summed E-state index contributed by atoms with van der Waals surface area (Å²) in [5, 5.41) is 11.9. The van der Waals surface area contributed by atoms with Gasteiger partial charge in [0.2, 0.25) is 5.91 Å². The maximum atomic E-state index is 13.5. The van der Waals surface area contributed by atoms with Gasteiger partial charge in [0.1, 0.15) is 6.04 Å². The number of halogens is 1. The number of fused-ring (bicyclic) bond motifs is 3. The summed E-state index contributed by atoms with van der Waals surface area (Å²) >= 11 is 5.85. The summed E-state index contributed by atoms with van der Waals surface area (Å²) in [5.74, 6) is -2.36. The Morgan fingerprint density at radius 1 is 0.720 bits per heavy atom. The van der Waals surface area contributed by atoms with Crippen LogP contribution in [0, 0.1) is 0 Å². The zero-order valence-corrected chi connectivity index (χ0v) is 27.9. The predicted octanol–water partition coefficient (Wildman–Crippen LogP) is 7.25. The quantitative estimate of drug-likeness (QED) is 0.103. The summed E-state index contributed by atoms with van der Waals surface area (Å²) in [5.41, 5.74) is 4.10. The molecule has 1 unspecified atom stereocenters. The van der Waals surface area contributed by atoms with Crippen molar-refractivity contribution in [3.8, 4) is 0 Å². The summed E-state index contributed by atoms with van der Waals surface area (Å²) in [4.78, 5) is 56.3. The van der Waals surface area contributed by atoms with Crippen LogP contribution in [0.2, 0.25) is 5.02 Å². The molecule has 0 heterocycles. The molecule has 0 radical (unpaired) electrons. The Morgan fingerprint density at radius 3 is 2.00 bits per heavy atom. The Balaban J connectivity index is 1.13. The van der Waals surface area contributed by atoms with Crippen LogP contribution < -0.4 is 16.1 Å². The second-order valence-corrected chi connectivity index (χ2v) is 12.3. The molecule has 2 atom stereocenters. The van der Waals surface area contributed by atoms with Gasteiger partial charge >= 0.3 is 12.1 Å². The van der Waals surface area contributed by atoms with Gasteiger partial charge < -0.3 is 20.2 Å². The Labute approximate surface area is 293 Å². The van der Waals surface area contributed by atoms with Crippen LogP contribution in [0.3, 0.4) is 0 Å². The van der Waals surface area contributed by atoms with Crippen molar-refractivity contribution in [2.24, 2.45) is 0 Å². The summed E-state index contributed by atoms with van der Waals surface area (Å²) < 4.78 is 5.73. The Kier molecular flexibility index (Phi) is 10.5. The van der Waals surface area contributed by atoms with E-state index in [1.165, 1.54) is 24.3 Å². The molecule has 0 fully saturated rings. The van der Waals surface area contributed by atoms with Crippen LogP contribution in [-0.4, -0.2) is 43.1 Å². The maximum absolute atomic E-state index is 13.5. The van der Waals surface area contributed by atoms with Gasteiger partial charge in [-0.25, -0.2) is 9.59 Å². The van der Waals surface area contributed by atoms with Gasteiger partial charge in [0.25, 0.3) is 5.91 Å². The van der Waals surface area contributed by atoms with Crippen molar-refractivity contribution in [1.82, 2.24) is 16.1 Å². The molecule has 0 saturated carbocycles. The first-order chi connectivity index (χ1) is 24.3. The van der Waals surface area contributed by atoms with Crippen LogP contribution in [0.15, 0.2) is 121 Å². The standard InChI is InChI=1S/C40H34ClN3O6/c1-25(37-33-15-6-3-10-28(33)21-29-11-4-7-16-34(29)37)24-49-40(48)43-35(22-30-13-8-12-26-9-2-5-14-32(26)30)38(46)42-23-36(45)44-50-39(47)27-17-19-31(41)20-18-27/h2-21,25,35H,22-24H2,1H3,(H,42,46)(H,43,48)(H,44,45)/t25?,35-/m0/s1. The molecule has 10 heteroatoms. The van der Waals surface area contributed by atoms with Gasteiger partial charge in [-0.1, -0.05) is 110 Å². The molecule has 3 N–H and O–H groups in total. The normalized spacial score (nSPS) is 12.2. The number of hydrogen-bond donors (Lipinski definition) is 3. The molecule has 0 bridgehead atoms. The topological polar surface area (TPSA) is 123 Å². The fourth-order valence-electron chi connectivity index (χ4n) is 6.02. The first-order valence-corrected chi connectivity index (χ1v) is 16.5. The van der Waals surface area contributed by atoms with E-state index in [1.54, 1.807) is 0 Å². The molecule has 0 aliphatic rings. The molecule has 0 spiro atoms. The molecule has 0 aliphatic heterocycles. The molecule has 3 amide bonds. The van der Waals surface area contributed by atoms with E-state index in [9.17, 15) is 19.2 Å². The molecule has 0 aliphatic carbocycles. The fourth-order valence-corrected chi connectivity index (χ4v) is 6.15. The molecule has 50 heavy (non-hydrogen) atoms. The number of benzene rings is 6. The molecular weight excluding hydrogens is 654 g/mol. The third kappa shape index (κ3) is 8.02. The number of alkyl carbamates (subject to hydrolysis) is 1. The highest BCUT2D eigenvalue weighted by Gasteiger charge is 2.25. The molecule has 252 valence electrons. The second-order valence-electron chi connectivity index (χ2n) is 11.9. The minimum absolute atomic E-state index is 0.0633. The van der Waals surface area contributed by atoms with E-state index in [0.29, 0.717) is 5.02 Å². The van der Waals surface area contributed by atoms with Gasteiger partial charge in [0.15, 0.2) is 0 Å². The van der Waals surface area contributed by atoms with Crippen molar-refractivity contribution < 1.29 is 28.8 Å². The minimum Gasteiger partial charge on any atom is -0.449 e. The molecule has 6 aromatic carbocycles. The van der Waals surface area contributed by atoms with Crippen molar-refractivity contribution >= 4 is 67.8 Å². The van der Waals surface area contributed by atoms with Crippen LogP contribution in [-0.2, 0) is 25.6 Å². The lowest BCUT2D eigenvalue weighted by Crippen LogP contribution is -2.50. The lowest BCUT2D eigenvalue weighted by atomic mass is 9.89. The van der Waals surface area contributed by atoms with Gasteiger partial charge in [-0.3, -0.25) is 9.59 Å². The smallest absolute Gasteiger partial charge is 0.407 e. The van der Waals surface area contributed by atoms with E-state index in [4.69, 9.17) is 21.2 Å². The number of rotatable bonds is 10. The highest BCUT2D eigenvalue weighted by Crippen LogP contribution is 2.34. The van der Waals surface area contributed by atoms with Gasteiger partial charge in [0.05, 0.1) is 18.7 Å². The SMILES string of the molecule is CC(COC(=O)N[C@@H](Cc1cccc2ccccc12)C(=O)NCC(=O)NOC(=O)c1ccc(Cl)cc1)c1c2ccccc2cc2ccccc12. The predicted molar refractivity (Wildman–Crippen MR) is 194 cm³/mol. The maximum Gasteiger partial charge on any atom is 0.407 e. The van der Waals surface area contributed by atoms with E-state index in [1.807, 2.05) is 79.1 Å². The van der Waals surface area contributed by atoms with E-state index < -0.39 is 36.5 Å². The number of ether oxygens (including phenoxy) is 1. The van der Waals surface area contributed by atoms with Gasteiger partial charge in [-0.15, -0.1) is 0 Å². The van der Waals surface area contributed by atoms with Crippen LogP contribution in [0.4, 0.5) is 4.79 Å². The van der Waals surface area contributed by atoms with Crippen LogP contribution >= 0.6 is 11.6 Å². The van der Waals surface area contributed by atoms with Crippen LogP contribution in [0.25, 0.3) is 32.3 Å². The van der Waals surface area contributed by atoms with Crippen molar-refractivity contribution in [2.45, 2.75) is 25.3 Å². The number of nitrogens with one attached hydrogen (secondary N) is 3. The fraction of sp³-hybridized carbons (Fsp3) is 0.150. The Hall–Kier alpha value is -5.93. The number of amides is 3. The van der Waals surface area contributed by atoms with Crippen molar-refractivity contribution in [3.05, 3.63) is 143 Å². The monoisotopic (exact) mass is 687 g/mol. The van der Waals surface area contributed by atoms with Crippen molar-refractivity contribution in [1.29, 1.82) is 0 Å². The summed E-state index contributed by atoms with van der Waals surface area (Å²) in [6, 6.07) is 36.6. The molecule has 0 aromatic heterocycles. The lowest BCUT2D eigenvalue weighted by Gasteiger charge is -2.21. The molecule has 6 rings (SSSR count). The van der Waals surface area contributed by atoms with Crippen LogP contribution in [0.1, 0.15) is 34.3 Å². The second kappa shape index (κ2) is 15.5.